The highest BCUT2D eigenvalue weighted by atomic mass is 19.4. The zero-order valence-electron chi connectivity index (χ0n) is 15.7. The van der Waals surface area contributed by atoms with Crippen LogP contribution in [-0.4, -0.2) is 14.6 Å². The molecule has 4 rings (SSSR count). The Morgan fingerprint density at radius 2 is 1.67 bits per heavy atom. The number of hydrogen-bond acceptors (Lipinski definition) is 2. The number of aromatic amines is 1. The van der Waals surface area contributed by atoms with E-state index in [-0.39, 0.29) is 28.0 Å². The summed E-state index contributed by atoms with van der Waals surface area (Å²) in [6.45, 7) is 3.09. The minimum absolute atomic E-state index is 0.0433. The zero-order chi connectivity index (χ0) is 21.8. The highest BCUT2D eigenvalue weighted by Gasteiger charge is 2.30. The maximum absolute atomic E-state index is 14.4. The summed E-state index contributed by atoms with van der Waals surface area (Å²) in [4.78, 5) is 15.8. The summed E-state index contributed by atoms with van der Waals surface area (Å²) in [5.74, 6) is -1.58. The van der Waals surface area contributed by atoms with Gasteiger partial charge in [0, 0.05) is 17.2 Å². The van der Waals surface area contributed by atoms with Crippen LogP contribution in [-0.2, 0) is 6.18 Å². The fourth-order valence-electron chi connectivity index (χ4n) is 3.40. The van der Waals surface area contributed by atoms with E-state index in [4.69, 9.17) is 0 Å². The number of fused-ring (bicyclic) bond motifs is 1. The first-order valence-electron chi connectivity index (χ1n) is 8.83. The van der Waals surface area contributed by atoms with Crippen LogP contribution in [0, 0.1) is 25.5 Å². The van der Waals surface area contributed by atoms with Gasteiger partial charge in [-0.2, -0.15) is 22.8 Å². The lowest BCUT2D eigenvalue weighted by atomic mass is 10.0. The van der Waals surface area contributed by atoms with E-state index in [0.29, 0.717) is 11.3 Å². The highest BCUT2D eigenvalue weighted by molar-refractivity contribution is 5.81. The van der Waals surface area contributed by atoms with Crippen LogP contribution in [0.4, 0.5) is 22.0 Å². The van der Waals surface area contributed by atoms with Gasteiger partial charge >= 0.3 is 6.18 Å². The SMILES string of the molecule is Cc1nn2c(=O)c(C)c(-c3ccc(C(F)(F)F)cc3)[nH]c2c1-c1ccc(F)cc1F. The smallest absolute Gasteiger partial charge is 0.339 e. The average molecular weight is 419 g/mol. The Bertz CT molecular complexity index is 1330. The standard InChI is InChI=1S/C21H14F5N3O/c1-10-18(12-3-5-13(6-4-12)21(24,25)26)27-19-17(11(2)28-29(19)20(10)30)15-8-7-14(22)9-16(15)23/h3-9,27H,1-2H3. The van der Waals surface area contributed by atoms with Crippen LogP contribution in [0.1, 0.15) is 16.8 Å². The molecule has 0 radical (unpaired) electrons. The quantitative estimate of drug-likeness (QED) is 0.450. The van der Waals surface area contributed by atoms with Gasteiger partial charge in [-0.3, -0.25) is 4.79 Å². The number of nitrogens with zero attached hydrogens (tertiary/aromatic N) is 2. The lowest BCUT2D eigenvalue weighted by molar-refractivity contribution is -0.137. The fourth-order valence-corrected chi connectivity index (χ4v) is 3.40. The van der Waals surface area contributed by atoms with Crippen LogP contribution in [0.25, 0.3) is 28.0 Å². The predicted octanol–water partition coefficient (Wildman–Crippen LogP) is 5.27. The third-order valence-electron chi connectivity index (χ3n) is 4.89. The summed E-state index contributed by atoms with van der Waals surface area (Å²) in [5.41, 5.74) is 0.336. The highest BCUT2D eigenvalue weighted by Crippen LogP contribution is 2.33. The molecule has 2 aromatic carbocycles. The molecule has 0 spiro atoms. The molecule has 0 aliphatic carbocycles. The number of halogens is 5. The number of aryl methyl sites for hydroxylation is 1. The van der Waals surface area contributed by atoms with Gasteiger partial charge in [0.15, 0.2) is 0 Å². The van der Waals surface area contributed by atoms with Gasteiger partial charge in [0.25, 0.3) is 5.56 Å². The van der Waals surface area contributed by atoms with Gasteiger partial charge in [0.2, 0.25) is 0 Å². The van der Waals surface area contributed by atoms with E-state index in [1.54, 1.807) is 6.92 Å². The van der Waals surface area contributed by atoms with Crippen LogP contribution < -0.4 is 5.56 Å². The van der Waals surface area contributed by atoms with Crippen molar-refractivity contribution in [3.05, 3.63) is 81.3 Å². The number of aromatic nitrogens is 3. The molecule has 0 fully saturated rings. The molecule has 0 bridgehead atoms. The van der Waals surface area contributed by atoms with Crippen molar-refractivity contribution in [1.82, 2.24) is 14.6 Å². The first kappa shape index (κ1) is 19.8. The Labute approximate surface area is 166 Å². The number of alkyl halides is 3. The van der Waals surface area contributed by atoms with Crippen LogP contribution in [0.15, 0.2) is 47.3 Å². The van der Waals surface area contributed by atoms with E-state index in [1.807, 2.05) is 0 Å². The van der Waals surface area contributed by atoms with Gasteiger partial charge in [-0.15, -0.1) is 0 Å². The summed E-state index contributed by atoms with van der Waals surface area (Å²) in [5, 5.41) is 4.16. The van der Waals surface area contributed by atoms with Gasteiger partial charge in [-0.05, 0) is 43.7 Å². The molecule has 0 atom stereocenters. The Hall–Kier alpha value is -3.49. The van der Waals surface area contributed by atoms with Crippen molar-refractivity contribution in [3.8, 4) is 22.4 Å². The normalized spacial score (nSPS) is 12.0. The average Bonchev–Trinajstić information content (AvgIpc) is 3.00. The molecule has 4 aromatic rings. The van der Waals surface area contributed by atoms with Crippen LogP contribution in [0.5, 0.6) is 0 Å². The lowest BCUT2D eigenvalue weighted by Crippen LogP contribution is -2.19. The molecule has 1 N–H and O–H groups in total. The first-order chi connectivity index (χ1) is 14.1. The molecule has 0 amide bonds. The summed E-state index contributed by atoms with van der Waals surface area (Å²) in [7, 11) is 0. The molecule has 30 heavy (non-hydrogen) atoms. The van der Waals surface area contributed by atoms with Crippen molar-refractivity contribution in [1.29, 1.82) is 0 Å². The zero-order valence-corrected chi connectivity index (χ0v) is 15.7. The van der Waals surface area contributed by atoms with Crippen molar-refractivity contribution in [3.63, 3.8) is 0 Å². The van der Waals surface area contributed by atoms with Gasteiger partial charge in [-0.1, -0.05) is 12.1 Å². The minimum Gasteiger partial charge on any atom is -0.339 e. The third-order valence-corrected chi connectivity index (χ3v) is 4.89. The van der Waals surface area contributed by atoms with Gasteiger partial charge in [0.1, 0.15) is 17.3 Å². The fraction of sp³-hybridized carbons (Fsp3) is 0.143. The molecule has 9 heteroatoms. The molecule has 0 unspecified atom stereocenters. The number of rotatable bonds is 2. The Balaban J connectivity index is 1.97. The van der Waals surface area contributed by atoms with Crippen molar-refractivity contribution in [2.24, 2.45) is 0 Å². The number of benzene rings is 2. The molecule has 154 valence electrons. The third kappa shape index (κ3) is 3.16. The molecular formula is C21H14F5N3O. The van der Waals surface area contributed by atoms with E-state index < -0.39 is 28.9 Å². The Kier molecular flexibility index (Phi) is 4.48. The van der Waals surface area contributed by atoms with Gasteiger partial charge in [-0.25, -0.2) is 8.78 Å². The van der Waals surface area contributed by atoms with Crippen molar-refractivity contribution < 1.29 is 22.0 Å². The van der Waals surface area contributed by atoms with E-state index in [2.05, 4.69) is 10.1 Å². The molecule has 2 aromatic heterocycles. The van der Waals surface area contributed by atoms with Crippen LogP contribution in [0.3, 0.4) is 0 Å². The second-order valence-electron chi connectivity index (χ2n) is 6.85. The van der Waals surface area contributed by atoms with Gasteiger partial charge in [0.05, 0.1) is 22.5 Å². The summed E-state index contributed by atoms with van der Waals surface area (Å²) in [6, 6.07) is 7.38. The summed E-state index contributed by atoms with van der Waals surface area (Å²) >= 11 is 0. The molecule has 4 nitrogen and oxygen atoms in total. The second-order valence-corrected chi connectivity index (χ2v) is 6.85. The van der Waals surface area contributed by atoms with Crippen molar-refractivity contribution in [2.75, 3.05) is 0 Å². The minimum atomic E-state index is -4.49. The second kappa shape index (κ2) is 6.79. The van der Waals surface area contributed by atoms with E-state index in [0.717, 1.165) is 28.8 Å². The van der Waals surface area contributed by atoms with Crippen molar-refractivity contribution >= 4 is 5.65 Å². The van der Waals surface area contributed by atoms with Gasteiger partial charge < -0.3 is 4.98 Å². The number of hydrogen-bond donors (Lipinski definition) is 1. The Morgan fingerprint density at radius 1 is 1.00 bits per heavy atom. The lowest BCUT2D eigenvalue weighted by Gasteiger charge is -2.11. The number of nitrogens with one attached hydrogen (secondary N) is 1. The van der Waals surface area contributed by atoms with Crippen molar-refractivity contribution in [2.45, 2.75) is 20.0 Å². The molecule has 0 aliphatic heterocycles. The maximum Gasteiger partial charge on any atom is 0.416 e. The Morgan fingerprint density at radius 3 is 2.27 bits per heavy atom. The monoisotopic (exact) mass is 419 g/mol. The summed E-state index contributed by atoms with van der Waals surface area (Å²) in [6.07, 6.45) is -4.49. The van der Waals surface area contributed by atoms with E-state index in [9.17, 15) is 26.7 Å². The largest absolute Gasteiger partial charge is 0.416 e. The molecule has 0 aliphatic rings. The topological polar surface area (TPSA) is 50.2 Å². The molecule has 0 saturated carbocycles. The maximum atomic E-state index is 14.4. The van der Waals surface area contributed by atoms with Crippen LogP contribution in [0.2, 0.25) is 0 Å². The molecule has 2 heterocycles. The number of H-pyrrole nitrogens is 1. The first-order valence-corrected chi connectivity index (χ1v) is 8.83. The predicted molar refractivity (Wildman–Crippen MR) is 101 cm³/mol. The van der Waals surface area contributed by atoms with Crippen LogP contribution >= 0.6 is 0 Å². The molecule has 0 saturated heterocycles. The van der Waals surface area contributed by atoms with E-state index in [1.165, 1.54) is 25.1 Å². The molecular weight excluding hydrogens is 405 g/mol. The van der Waals surface area contributed by atoms with E-state index >= 15 is 0 Å². The summed E-state index contributed by atoms with van der Waals surface area (Å²) < 4.78 is 67.4.